The van der Waals surface area contributed by atoms with Crippen molar-refractivity contribution in [2.45, 2.75) is 13.3 Å². The topological polar surface area (TPSA) is 50.2 Å². The third-order valence-electron chi connectivity index (χ3n) is 2.61. The van der Waals surface area contributed by atoms with Crippen molar-refractivity contribution >= 4 is 16.9 Å². The predicted molar refractivity (Wildman–Crippen MR) is 62.2 cm³/mol. The number of nitrogens with zero attached hydrogens (tertiary/aromatic N) is 1. The van der Waals surface area contributed by atoms with Gasteiger partial charge in [-0.25, -0.2) is 0 Å². The van der Waals surface area contributed by atoms with Gasteiger partial charge in [0.25, 0.3) is 0 Å². The van der Waals surface area contributed by atoms with E-state index in [4.69, 9.17) is 5.11 Å². The van der Waals surface area contributed by atoms with Gasteiger partial charge in [-0.2, -0.15) is 0 Å². The van der Waals surface area contributed by atoms with Crippen LogP contribution in [0.1, 0.15) is 12.5 Å². The predicted octanol–water partition coefficient (Wildman–Crippen LogP) is 2.50. The van der Waals surface area contributed by atoms with Crippen LogP contribution in [0, 0.1) is 5.92 Å². The standard InChI is InChI=1S/C13H13NO2/c1-9(13(15)16)6-10-7-11-4-2-3-5-12(11)14-8-10/h2-5,7-9H,6H2,1H3,(H,15,16)/t9-/m1/s1. The minimum atomic E-state index is -0.770. The lowest BCUT2D eigenvalue weighted by Crippen LogP contribution is -2.12. The highest BCUT2D eigenvalue weighted by Gasteiger charge is 2.11. The number of carboxylic acid groups (broad SMARTS) is 1. The summed E-state index contributed by atoms with van der Waals surface area (Å²) in [6.45, 7) is 1.71. The number of benzene rings is 1. The van der Waals surface area contributed by atoms with Crippen molar-refractivity contribution < 1.29 is 9.90 Å². The largest absolute Gasteiger partial charge is 0.481 e. The molecule has 2 rings (SSSR count). The van der Waals surface area contributed by atoms with Crippen LogP contribution in [0.3, 0.4) is 0 Å². The van der Waals surface area contributed by atoms with E-state index in [1.54, 1.807) is 13.1 Å². The van der Waals surface area contributed by atoms with Gasteiger partial charge in [-0.05, 0) is 24.1 Å². The van der Waals surface area contributed by atoms with Gasteiger partial charge in [-0.1, -0.05) is 25.1 Å². The Labute approximate surface area is 93.7 Å². The van der Waals surface area contributed by atoms with Gasteiger partial charge in [0.2, 0.25) is 0 Å². The lowest BCUT2D eigenvalue weighted by Gasteiger charge is -2.06. The Balaban J connectivity index is 2.29. The molecule has 3 heteroatoms. The molecule has 1 atom stereocenters. The zero-order chi connectivity index (χ0) is 11.5. The monoisotopic (exact) mass is 215 g/mol. The van der Waals surface area contributed by atoms with Crippen molar-refractivity contribution in [3.05, 3.63) is 42.1 Å². The number of hydrogen-bond donors (Lipinski definition) is 1. The fourth-order valence-electron chi connectivity index (χ4n) is 1.67. The van der Waals surface area contributed by atoms with Crippen LogP contribution in [-0.2, 0) is 11.2 Å². The van der Waals surface area contributed by atoms with Crippen molar-refractivity contribution in [3.63, 3.8) is 0 Å². The Morgan fingerprint density at radius 2 is 2.19 bits per heavy atom. The van der Waals surface area contributed by atoms with Crippen LogP contribution < -0.4 is 0 Å². The molecule has 16 heavy (non-hydrogen) atoms. The molecule has 0 saturated carbocycles. The maximum absolute atomic E-state index is 10.7. The van der Waals surface area contributed by atoms with Gasteiger partial charge in [0.1, 0.15) is 0 Å². The summed E-state index contributed by atoms with van der Waals surface area (Å²) < 4.78 is 0. The minimum Gasteiger partial charge on any atom is -0.481 e. The van der Waals surface area contributed by atoms with Gasteiger partial charge >= 0.3 is 5.97 Å². The summed E-state index contributed by atoms with van der Waals surface area (Å²) in [6, 6.07) is 9.82. The van der Waals surface area contributed by atoms with E-state index in [0.29, 0.717) is 6.42 Å². The summed E-state index contributed by atoms with van der Waals surface area (Å²) in [6.07, 6.45) is 2.27. The molecule has 0 aliphatic carbocycles. The lowest BCUT2D eigenvalue weighted by molar-refractivity contribution is -0.141. The second-order valence-electron chi connectivity index (χ2n) is 3.98. The summed E-state index contributed by atoms with van der Waals surface area (Å²) in [5.41, 5.74) is 1.91. The van der Waals surface area contributed by atoms with Crippen LogP contribution in [0.4, 0.5) is 0 Å². The Morgan fingerprint density at radius 3 is 2.94 bits per heavy atom. The molecule has 3 nitrogen and oxygen atoms in total. The molecule has 0 aliphatic rings. The maximum atomic E-state index is 10.7. The first kappa shape index (κ1) is 10.6. The molecular formula is C13H13NO2. The molecule has 1 heterocycles. The summed E-state index contributed by atoms with van der Waals surface area (Å²) in [5, 5.41) is 9.89. The van der Waals surface area contributed by atoms with E-state index in [1.807, 2.05) is 30.3 Å². The summed E-state index contributed by atoms with van der Waals surface area (Å²) in [4.78, 5) is 15.0. The third-order valence-corrected chi connectivity index (χ3v) is 2.61. The second-order valence-corrected chi connectivity index (χ2v) is 3.98. The van der Waals surface area contributed by atoms with Crippen LogP contribution in [0.5, 0.6) is 0 Å². The maximum Gasteiger partial charge on any atom is 0.306 e. The molecule has 1 N–H and O–H groups in total. The number of hydrogen-bond acceptors (Lipinski definition) is 2. The van der Waals surface area contributed by atoms with E-state index in [1.165, 1.54) is 0 Å². The van der Waals surface area contributed by atoms with Crippen LogP contribution in [0.2, 0.25) is 0 Å². The molecule has 1 aromatic heterocycles. The lowest BCUT2D eigenvalue weighted by atomic mass is 10.0. The van der Waals surface area contributed by atoms with Crippen LogP contribution in [0.15, 0.2) is 36.5 Å². The first-order valence-corrected chi connectivity index (χ1v) is 5.23. The zero-order valence-electron chi connectivity index (χ0n) is 9.05. The number of fused-ring (bicyclic) bond motifs is 1. The van der Waals surface area contributed by atoms with E-state index in [2.05, 4.69) is 4.98 Å². The van der Waals surface area contributed by atoms with E-state index in [9.17, 15) is 4.79 Å². The Hall–Kier alpha value is -1.90. The molecule has 82 valence electrons. The highest BCUT2D eigenvalue weighted by Crippen LogP contribution is 2.15. The SMILES string of the molecule is C[C@H](Cc1cnc2ccccc2c1)C(=O)O. The average Bonchev–Trinajstić information content (AvgIpc) is 2.28. The summed E-state index contributed by atoms with van der Waals surface area (Å²) in [5.74, 6) is -1.14. The Bertz CT molecular complexity index is 522. The van der Waals surface area contributed by atoms with Gasteiger partial charge in [0.05, 0.1) is 11.4 Å². The van der Waals surface area contributed by atoms with Gasteiger partial charge in [-0.15, -0.1) is 0 Å². The molecule has 0 aliphatic heterocycles. The molecule has 0 bridgehead atoms. The molecule has 0 fully saturated rings. The summed E-state index contributed by atoms with van der Waals surface area (Å²) in [7, 11) is 0. The third kappa shape index (κ3) is 2.19. The molecule has 1 aromatic carbocycles. The van der Waals surface area contributed by atoms with Crippen LogP contribution in [0.25, 0.3) is 10.9 Å². The van der Waals surface area contributed by atoms with Gasteiger partial charge in [-0.3, -0.25) is 9.78 Å². The number of pyridine rings is 1. The highest BCUT2D eigenvalue weighted by molar-refractivity contribution is 5.79. The number of para-hydroxylation sites is 1. The Kier molecular flexibility index (Phi) is 2.86. The fourth-order valence-corrected chi connectivity index (χ4v) is 1.67. The number of aliphatic carboxylic acids is 1. The molecule has 0 unspecified atom stereocenters. The smallest absolute Gasteiger partial charge is 0.306 e. The van der Waals surface area contributed by atoms with Gasteiger partial charge < -0.3 is 5.11 Å². The number of aromatic nitrogens is 1. The van der Waals surface area contributed by atoms with Crippen molar-refractivity contribution in [2.75, 3.05) is 0 Å². The molecule has 0 radical (unpaired) electrons. The normalized spacial score (nSPS) is 12.6. The van der Waals surface area contributed by atoms with Gasteiger partial charge in [0, 0.05) is 11.6 Å². The van der Waals surface area contributed by atoms with E-state index in [0.717, 1.165) is 16.5 Å². The molecular weight excluding hydrogens is 202 g/mol. The van der Waals surface area contributed by atoms with Crippen molar-refractivity contribution in [1.82, 2.24) is 4.98 Å². The molecule has 2 aromatic rings. The van der Waals surface area contributed by atoms with Crippen molar-refractivity contribution in [2.24, 2.45) is 5.92 Å². The van der Waals surface area contributed by atoms with Crippen molar-refractivity contribution in [1.29, 1.82) is 0 Å². The Morgan fingerprint density at radius 1 is 1.44 bits per heavy atom. The molecule has 0 amide bonds. The van der Waals surface area contributed by atoms with Gasteiger partial charge in [0.15, 0.2) is 0 Å². The number of rotatable bonds is 3. The highest BCUT2D eigenvalue weighted by atomic mass is 16.4. The molecule has 0 spiro atoms. The summed E-state index contributed by atoms with van der Waals surface area (Å²) >= 11 is 0. The number of carbonyl (C=O) groups is 1. The minimum absolute atomic E-state index is 0.372. The van der Waals surface area contributed by atoms with Crippen molar-refractivity contribution in [3.8, 4) is 0 Å². The van der Waals surface area contributed by atoms with E-state index in [-0.39, 0.29) is 5.92 Å². The van der Waals surface area contributed by atoms with E-state index < -0.39 is 5.97 Å². The van der Waals surface area contributed by atoms with Crippen LogP contribution >= 0.6 is 0 Å². The van der Waals surface area contributed by atoms with Crippen LogP contribution in [-0.4, -0.2) is 16.1 Å². The fraction of sp³-hybridized carbons (Fsp3) is 0.231. The quantitative estimate of drug-likeness (QED) is 0.855. The van der Waals surface area contributed by atoms with E-state index >= 15 is 0 Å². The zero-order valence-corrected chi connectivity index (χ0v) is 9.05. The first-order valence-electron chi connectivity index (χ1n) is 5.23. The number of carboxylic acids is 1. The first-order chi connectivity index (χ1) is 7.66. The second kappa shape index (κ2) is 4.31. The molecule has 0 saturated heterocycles. The average molecular weight is 215 g/mol.